The van der Waals surface area contributed by atoms with E-state index in [1.54, 1.807) is 13.8 Å². The molecule has 1 rings (SSSR count). The van der Waals surface area contributed by atoms with Crippen molar-refractivity contribution in [2.24, 2.45) is 17.1 Å². The van der Waals surface area contributed by atoms with E-state index in [4.69, 9.17) is 15.2 Å². The summed E-state index contributed by atoms with van der Waals surface area (Å²) < 4.78 is 10.1. The van der Waals surface area contributed by atoms with E-state index >= 15 is 0 Å². The van der Waals surface area contributed by atoms with Gasteiger partial charge in [0.1, 0.15) is 0 Å². The lowest BCUT2D eigenvalue weighted by molar-refractivity contribution is -0.171. The fourth-order valence-corrected chi connectivity index (χ4v) is 2.89. The molecular formula is C14H25NO5. The maximum atomic E-state index is 12.3. The normalized spacial score (nSPS) is 27.7. The minimum absolute atomic E-state index is 0.0334. The molecule has 1 fully saturated rings. The molecule has 0 saturated heterocycles. The molecule has 0 aromatic rings. The molecule has 6 heteroatoms. The van der Waals surface area contributed by atoms with Gasteiger partial charge in [-0.05, 0) is 33.1 Å². The van der Waals surface area contributed by atoms with E-state index in [1.165, 1.54) is 0 Å². The Labute approximate surface area is 119 Å². The molecule has 1 saturated carbocycles. The van der Waals surface area contributed by atoms with Crippen molar-refractivity contribution in [2.75, 3.05) is 19.8 Å². The van der Waals surface area contributed by atoms with Crippen molar-refractivity contribution < 1.29 is 24.2 Å². The molecular weight excluding hydrogens is 262 g/mol. The molecule has 1 aliphatic rings. The fraction of sp³-hybridized carbons (Fsp3) is 0.857. The molecule has 0 amide bonds. The van der Waals surface area contributed by atoms with Gasteiger partial charge in [-0.3, -0.25) is 9.59 Å². The van der Waals surface area contributed by atoms with Crippen LogP contribution >= 0.6 is 0 Å². The summed E-state index contributed by atoms with van der Waals surface area (Å²) in [6.07, 6.45) is 1.05. The van der Waals surface area contributed by atoms with Gasteiger partial charge in [0.25, 0.3) is 0 Å². The summed E-state index contributed by atoms with van der Waals surface area (Å²) in [5.74, 6) is -1.16. The van der Waals surface area contributed by atoms with Gasteiger partial charge < -0.3 is 20.3 Å². The average Bonchev–Trinajstić information content (AvgIpc) is 2.46. The summed E-state index contributed by atoms with van der Waals surface area (Å²) >= 11 is 0. The molecule has 0 spiro atoms. The van der Waals surface area contributed by atoms with Crippen molar-refractivity contribution in [3.05, 3.63) is 0 Å². The van der Waals surface area contributed by atoms with Crippen LogP contribution in [0.4, 0.5) is 0 Å². The van der Waals surface area contributed by atoms with Gasteiger partial charge in [-0.1, -0.05) is 6.42 Å². The molecule has 0 radical (unpaired) electrons. The third-order valence-corrected chi connectivity index (χ3v) is 3.95. The Kier molecular flexibility index (Phi) is 6.42. The van der Waals surface area contributed by atoms with Crippen LogP contribution in [0.1, 0.15) is 39.5 Å². The first kappa shape index (κ1) is 16.9. The molecule has 3 N–H and O–H groups in total. The lowest BCUT2D eigenvalue weighted by Crippen LogP contribution is -2.51. The van der Waals surface area contributed by atoms with Crippen molar-refractivity contribution in [3.63, 3.8) is 0 Å². The quantitative estimate of drug-likeness (QED) is 0.694. The Morgan fingerprint density at radius 1 is 1.35 bits per heavy atom. The van der Waals surface area contributed by atoms with E-state index in [0.717, 1.165) is 0 Å². The van der Waals surface area contributed by atoms with Gasteiger partial charge in [0.05, 0.1) is 30.7 Å². The summed E-state index contributed by atoms with van der Waals surface area (Å²) in [6, 6.07) is 0. The molecule has 0 aliphatic heterocycles. The van der Waals surface area contributed by atoms with Crippen molar-refractivity contribution in [1.82, 2.24) is 0 Å². The monoisotopic (exact) mass is 287 g/mol. The van der Waals surface area contributed by atoms with Crippen LogP contribution in [0.3, 0.4) is 0 Å². The first-order chi connectivity index (χ1) is 9.51. The van der Waals surface area contributed by atoms with E-state index < -0.39 is 17.5 Å². The highest BCUT2D eigenvalue weighted by Gasteiger charge is 2.50. The summed E-state index contributed by atoms with van der Waals surface area (Å²) in [4.78, 5) is 24.1. The van der Waals surface area contributed by atoms with Crippen LogP contribution in [0, 0.1) is 11.3 Å². The van der Waals surface area contributed by atoms with Crippen LogP contribution in [0.15, 0.2) is 0 Å². The number of ether oxygens (including phenoxy) is 2. The van der Waals surface area contributed by atoms with Crippen LogP contribution in [0.2, 0.25) is 0 Å². The standard InChI is InChI=1S/C14H25NO5/c1-3-19-12(17)10-6-5-7-14(8-10,11(16)9-15)13(18)20-4-2/h10-11,16H,3-9,15H2,1-2H3. The fourth-order valence-electron chi connectivity index (χ4n) is 2.89. The first-order valence-electron chi connectivity index (χ1n) is 7.23. The van der Waals surface area contributed by atoms with Crippen molar-refractivity contribution in [3.8, 4) is 0 Å². The molecule has 1 aliphatic carbocycles. The molecule has 3 atom stereocenters. The Bertz CT molecular complexity index is 346. The van der Waals surface area contributed by atoms with Gasteiger partial charge >= 0.3 is 11.9 Å². The number of hydrogen-bond acceptors (Lipinski definition) is 6. The van der Waals surface area contributed by atoms with Crippen LogP contribution < -0.4 is 5.73 Å². The van der Waals surface area contributed by atoms with Crippen molar-refractivity contribution in [2.45, 2.75) is 45.6 Å². The predicted octanol–water partition coefficient (Wildman–Crippen LogP) is 0.609. The number of carbonyl (C=O) groups excluding carboxylic acids is 2. The summed E-state index contributed by atoms with van der Waals surface area (Å²) in [5, 5.41) is 10.2. The van der Waals surface area contributed by atoms with Gasteiger partial charge in [-0.2, -0.15) is 0 Å². The van der Waals surface area contributed by atoms with Gasteiger partial charge in [-0.15, -0.1) is 0 Å². The highest BCUT2D eigenvalue weighted by molar-refractivity contribution is 5.80. The zero-order chi connectivity index (χ0) is 15.2. The summed E-state index contributed by atoms with van der Waals surface area (Å²) in [6.45, 7) is 3.97. The van der Waals surface area contributed by atoms with Crippen LogP contribution in [0.25, 0.3) is 0 Å². The number of hydrogen-bond donors (Lipinski definition) is 2. The SMILES string of the molecule is CCOC(=O)C1CCCC(C(=O)OCC)(C(O)CN)C1. The third-order valence-electron chi connectivity index (χ3n) is 3.95. The lowest BCUT2D eigenvalue weighted by Gasteiger charge is -2.40. The van der Waals surface area contributed by atoms with Crippen LogP contribution in [-0.4, -0.2) is 42.9 Å². The number of aliphatic hydroxyl groups excluding tert-OH is 1. The van der Waals surface area contributed by atoms with Gasteiger partial charge in [0.15, 0.2) is 0 Å². The Hall–Kier alpha value is -1.14. The maximum absolute atomic E-state index is 12.3. The van der Waals surface area contributed by atoms with Crippen molar-refractivity contribution in [1.29, 1.82) is 0 Å². The van der Waals surface area contributed by atoms with Gasteiger partial charge in [0, 0.05) is 6.54 Å². The minimum Gasteiger partial charge on any atom is -0.466 e. The molecule has 0 aromatic carbocycles. The summed E-state index contributed by atoms with van der Waals surface area (Å²) in [7, 11) is 0. The second kappa shape index (κ2) is 7.59. The number of nitrogens with two attached hydrogens (primary N) is 1. The van der Waals surface area contributed by atoms with Crippen molar-refractivity contribution >= 4 is 11.9 Å². The molecule has 20 heavy (non-hydrogen) atoms. The highest BCUT2D eigenvalue weighted by Crippen LogP contribution is 2.43. The zero-order valence-corrected chi connectivity index (χ0v) is 12.3. The maximum Gasteiger partial charge on any atom is 0.314 e. The highest BCUT2D eigenvalue weighted by atomic mass is 16.5. The number of rotatable bonds is 6. The number of esters is 2. The van der Waals surface area contributed by atoms with E-state index in [0.29, 0.717) is 25.9 Å². The lowest BCUT2D eigenvalue weighted by atomic mass is 9.66. The van der Waals surface area contributed by atoms with E-state index in [1.807, 2.05) is 0 Å². The van der Waals surface area contributed by atoms with Crippen LogP contribution in [0.5, 0.6) is 0 Å². The minimum atomic E-state index is -1.08. The average molecular weight is 287 g/mol. The Balaban J connectivity index is 2.93. The van der Waals surface area contributed by atoms with E-state index in [-0.39, 0.29) is 31.5 Å². The molecule has 3 unspecified atom stereocenters. The van der Waals surface area contributed by atoms with E-state index in [9.17, 15) is 14.7 Å². The Morgan fingerprint density at radius 2 is 2.00 bits per heavy atom. The van der Waals surface area contributed by atoms with Crippen LogP contribution in [-0.2, 0) is 19.1 Å². The van der Waals surface area contributed by atoms with Gasteiger partial charge in [0.2, 0.25) is 0 Å². The smallest absolute Gasteiger partial charge is 0.314 e. The molecule has 0 aromatic heterocycles. The van der Waals surface area contributed by atoms with Gasteiger partial charge in [-0.25, -0.2) is 0 Å². The topological polar surface area (TPSA) is 98.9 Å². The number of aliphatic hydroxyl groups is 1. The zero-order valence-electron chi connectivity index (χ0n) is 12.3. The summed E-state index contributed by atoms with van der Waals surface area (Å²) in [5.41, 5.74) is 4.45. The predicted molar refractivity (Wildman–Crippen MR) is 72.7 cm³/mol. The van der Waals surface area contributed by atoms with E-state index in [2.05, 4.69) is 0 Å². The second-order valence-electron chi connectivity index (χ2n) is 5.17. The Morgan fingerprint density at radius 3 is 2.55 bits per heavy atom. The first-order valence-corrected chi connectivity index (χ1v) is 7.23. The molecule has 6 nitrogen and oxygen atoms in total. The largest absolute Gasteiger partial charge is 0.466 e. The third kappa shape index (κ3) is 3.49. The molecule has 116 valence electrons. The second-order valence-corrected chi connectivity index (χ2v) is 5.17. The molecule has 0 heterocycles. The number of carbonyl (C=O) groups is 2. The molecule has 0 bridgehead atoms.